The maximum atomic E-state index is 12.5. The number of hydrogen-bond acceptors (Lipinski definition) is 3. The fourth-order valence-electron chi connectivity index (χ4n) is 4.66. The molecule has 3 aromatic heterocycles. The van der Waals surface area contributed by atoms with Crippen molar-refractivity contribution in [2.75, 3.05) is 13.1 Å². The van der Waals surface area contributed by atoms with Crippen LogP contribution in [-0.4, -0.2) is 27.5 Å². The van der Waals surface area contributed by atoms with Crippen LogP contribution in [0.15, 0.2) is 59.8 Å². The van der Waals surface area contributed by atoms with Crippen molar-refractivity contribution in [2.45, 2.75) is 25.9 Å². The Labute approximate surface area is 174 Å². The van der Waals surface area contributed by atoms with Gasteiger partial charge in [-0.2, -0.15) is 5.26 Å². The van der Waals surface area contributed by atoms with Crippen LogP contribution in [-0.2, 0) is 6.54 Å². The smallest absolute Gasteiger partial charge is 0.286 e. The Balaban J connectivity index is 1.52. The van der Waals surface area contributed by atoms with Crippen molar-refractivity contribution in [1.82, 2.24) is 14.5 Å². The second-order valence-electron chi connectivity index (χ2n) is 8.28. The summed E-state index contributed by atoms with van der Waals surface area (Å²) in [5, 5.41) is 10.8. The molecule has 0 radical (unpaired) electrons. The van der Waals surface area contributed by atoms with Crippen molar-refractivity contribution in [3.63, 3.8) is 0 Å². The third kappa shape index (κ3) is 3.17. The number of pyridine rings is 2. The number of nitrogens with one attached hydrogen (secondary N) is 2. The molecule has 2 N–H and O–H groups in total. The number of piperidine rings is 1. The monoisotopic (exact) mass is 398 g/mol. The SMILES string of the molecule is C[C@@H]1CCN(Cc2ccc(C#N)cc2)C[C@@H]1n1ccc(=O)c2c[nH+]c3[nH]ccc3c21. The number of aromatic amines is 2. The van der Waals surface area contributed by atoms with E-state index in [9.17, 15) is 4.79 Å². The summed E-state index contributed by atoms with van der Waals surface area (Å²) in [6.45, 7) is 5.13. The van der Waals surface area contributed by atoms with Crippen molar-refractivity contribution in [2.24, 2.45) is 5.92 Å². The van der Waals surface area contributed by atoms with Gasteiger partial charge in [0.2, 0.25) is 0 Å². The number of benzene rings is 1. The Kier molecular flexibility index (Phi) is 4.61. The van der Waals surface area contributed by atoms with Crippen LogP contribution in [0.25, 0.3) is 21.9 Å². The normalized spacial score (nSPS) is 19.9. The molecule has 6 nitrogen and oxygen atoms in total. The highest BCUT2D eigenvalue weighted by molar-refractivity contribution is 6.00. The van der Waals surface area contributed by atoms with Gasteiger partial charge < -0.3 is 4.57 Å². The van der Waals surface area contributed by atoms with Crippen molar-refractivity contribution >= 4 is 21.9 Å². The highest BCUT2D eigenvalue weighted by Crippen LogP contribution is 2.32. The fraction of sp³-hybridized carbons (Fsp3) is 0.292. The van der Waals surface area contributed by atoms with Crippen molar-refractivity contribution < 1.29 is 4.98 Å². The van der Waals surface area contributed by atoms with Crippen LogP contribution in [0.1, 0.15) is 30.5 Å². The molecule has 0 aliphatic carbocycles. The molecule has 1 saturated heterocycles. The van der Waals surface area contributed by atoms with Crippen LogP contribution < -0.4 is 10.4 Å². The average Bonchev–Trinajstić information content (AvgIpc) is 3.25. The van der Waals surface area contributed by atoms with E-state index in [-0.39, 0.29) is 11.5 Å². The van der Waals surface area contributed by atoms with E-state index < -0.39 is 0 Å². The number of nitrogens with zero attached hydrogens (tertiary/aromatic N) is 3. The van der Waals surface area contributed by atoms with Gasteiger partial charge in [0.25, 0.3) is 5.65 Å². The van der Waals surface area contributed by atoms with Gasteiger partial charge in [-0.25, -0.2) is 9.97 Å². The van der Waals surface area contributed by atoms with Crippen LogP contribution in [0.5, 0.6) is 0 Å². The lowest BCUT2D eigenvalue weighted by Crippen LogP contribution is -2.40. The number of aromatic nitrogens is 3. The largest absolute Gasteiger partial charge is 0.342 e. The van der Waals surface area contributed by atoms with Crippen molar-refractivity contribution in [3.8, 4) is 6.07 Å². The minimum absolute atomic E-state index is 0.0403. The molecule has 150 valence electrons. The van der Waals surface area contributed by atoms with E-state index >= 15 is 0 Å². The first-order chi connectivity index (χ1) is 14.6. The molecule has 1 aliphatic heterocycles. The molecule has 6 heteroatoms. The van der Waals surface area contributed by atoms with E-state index in [1.807, 2.05) is 48.9 Å². The van der Waals surface area contributed by atoms with E-state index in [0.717, 1.165) is 48.0 Å². The van der Waals surface area contributed by atoms with E-state index in [2.05, 4.69) is 32.4 Å². The molecule has 0 unspecified atom stereocenters. The van der Waals surface area contributed by atoms with E-state index in [0.29, 0.717) is 11.5 Å². The van der Waals surface area contributed by atoms with Gasteiger partial charge >= 0.3 is 0 Å². The Morgan fingerprint density at radius 3 is 2.83 bits per heavy atom. The number of likely N-dealkylation sites (tertiary alicyclic amines) is 1. The minimum atomic E-state index is 0.0403. The molecule has 0 saturated carbocycles. The molecule has 1 aromatic carbocycles. The van der Waals surface area contributed by atoms with Gasteiger partial charge in [-0.1, -0.05) is 19.1 Å². The molecule has 0 amide bonds. The summed E-state index contributed by atoms with van der Waals surface area (Å²) >= 11 is 0. The Hall–Kier alpha value is -3.43. The van der Waals surface area contributed by atoms with Gasteiger partial charge in [0, 0.05) is 31.4 Å². The highest BCUT2D eigenvalue weighted by atomic mass is 16.1. The number of hydrogen-bond donors (Lipinski definition) is 1. The molecule has 1 aliphatic rings. The third-order valence-electron chi connectivity index (χ3n) is 6.38. The topological polar surface area (TPSA) is 79.0 Å². The van der Waals surface area contributed by atoms with Gasteiger partial charge in [-0.05, 0) is 42.6 Å². The highest BCUT2D eigenvalue weighted by Gasteiger charge is 2.29. The molecule has 1 fully saturated rings. The second kappa shape index (κ2) is 7.43. The Morgan fingerprint density at radius 2 is 2.03 bits per heavy atom. The molecule has 0 bridgehead atoms. The maximum absolute atomic E-state index is 12.5. The maximum Gasteiger partial charge on any atom is 0.286 e. The summed E-state index contributed by atoms with van der Waals surface area (Å²) < 4.78 is 2.30. The summed E-state index contributed by atoms with van der Waals surface area (Å²) in [6.07, 6.45) is 6.78. The van der Waals surface area contributed by atoms with Crippen LogP contribution in [0.4, 0.5) is 0 Å². The summed E-state index contributed by atoms with van der Waals surface area (Å²) in [6, 6.07) is 14.0. The zero-order valence-corrected chi connectivity index (χ0v) is 16.9. The summed E-state index contributed by atoms with van der Waals surface area (Å²) in [5.41, 5.74) is 3.87. The summed E-state index contributed by atoms with van der Waals surface area (Å²) in [4.78, 5) is 21.4. The van der Waals surface area contributed by atoms with Gasteiger partial charge in [0.1, 0.15) is 6.20 Å². The average molecular weight is 398 g/mol. The zero-order chi connectivity index (χ0) is 20.7. The number of rotatable bonds is 3. The lowest BCUT2D eigenvalue weighted by molar-refractivity contribution is -0.345. The molecule has 4 aromatic rings. The van der Waals surface area contributed by atoms with E-state index in [1.54, 1.807) is 6.07 Å². The van der Waals surface area contributed by atoms with Gasteiger partial charge in [0.05, 0.1) is 34.1 Å². The quantitative estimate of drug-likeness (QED) is 0.575. The predicted molar refractivity (Wildman–Crippen MR) is 116 cm³/mol. The van der Waals surface area contributed by atoms with Gasteiger partial charge in [-0.15, -0.1) is 0 Å². The summed E-state index contributed by atoms with van der Waals surface area (Å²) in [5.74, 6) is 0.506. The van der Waals surface area contributed by atoms with Crippen LogP contribution >= 0.6 is 0 Å². The summed E-state index contributed by atoms with van der Waals surface area (Å²) in [7, 11) is 0. The predicted octanol–water partition coefficient (Wildman–Crippen LogP) is 3.25. The molecule has 0 spiro atoms. The standard InChI is InChI=1S/C24H23N5O/c1-16-7-10-28(14-18-4-2-17(12-25)3-5-18)15-21(16)29-11-8-22(30)20-13-27-24-19(23(20)29)6-9-26-24/h2-6,8-9,11,13,16,21H,7,10,14-15H2,1H3,(H,26,27)/p+1/t16-,21+/m1/s1. The lowest BCUT2D eigenvalue weighted by Gasteiger charge is -2.39. The fourth-order valence-corrected chi connectivity index (χ4v) is 4.66. The zero-order valence-electron chi connectivity index (χ0n) is 16.9. The molecule has 2 atom stereocenters. The number of fused-ring (bicyclic) bond motifs is 3. The first kappa shape index (κ1) is 18.6. The van der Waals surface area contributed by atoms with Crippen molar-refractivity contribution in [1.29, 1.82) is 5.26 Å². The number of nitriles is 1. The van der Waals surface area contributed by atoms with Crippen molar-refractivity contribution in [3.05, 3.63) is 76.3 Å². The van der Waals surface area contributed by atoms with E-state index in [1.165, 1.54) is 5.56 Å². The second-order valence-corrected chi connectivity index (χ2v) is 8.28. The Bertz CT molecular complexity index is 1310. The van der Waals surface area contributed by atoms with E-state index in [4.69, 9.17) is 5.26 Å². The Morgan fingerprint density at radius 1 is 1.20 bits per heavy atom. The molecule has 4 heterocycles. The molecular formula is C24H24N5O+. The molecule has 5 rings (SSSR count). The first-order valence-electron chi connectivity index (χ1n) is 10.4. The third-order valence-corrected chi connectivity index (χ3v) is 6.38. The first-order valence-corrected chi connectivity index (χ1v) is 10.4. The molecular weight excluding hydrogens is 374 g/mol. The van der Waals surface area contributed by atoms with Gasteiger partial charge in [-0.3, -0.25) is 9.69 Å². The molecule has 30 heavy (non-hydrogen) atoms. The van der Waals surface area contributed by atoms with Crippen LogP contribution in [0.2, 0.25) is 0 Å². The van der Waals surface area contributed by atoms with Crippen LogP contribution in [0, 0.1) is 17.2 Å². The van der Waals surface area contributed by atoms with Gasteiger partial charge in [0.15, 0.2) is 5.43 Å². The minimum Gasteiger partial charge on any atom is -0.342 e. The lowest BCUT2D eigenvalue weighted by atomic mass is 9.92. The van der Waals surface area contributed by atoms with Crippen LogP contribution in [0.3, 0.4) is 0 Å². The number of H-pyrrole nitrogens is 2.